The number of hydrogen-bond acceptors (Lipinski definition) is 4. The molecule has 2 N–H and O–H groups in total. The number of hydrogen-bond donors (Lipinski definition) is 2. The molecule has 0 spiro atoms. The van der Waals surface area contributed by atoms with Crippen LogP contribution in [0.4, 0.5) is 0 Å². The molecule has 0 saturated carbocycles. The molecule has 1 unspecified atom stereocenters. The van der Waals surface area contributed by atoms with Gasteiger partial charge in [0, 0.05) is 24.7 Å². The van der Waals surface area contributed by atoms with Crippen LogP contribution in [0.25, 0.3) is 10.8 Å². The number of guanidine groups is 1. The first-order chi connectivity index (χ1) is 15.8. The maximum atomic E-state index is 5.34. The van der Waals surface area contributed by atoms with Crippen molar-refractivity contribution in [3.05, 3.63) is 72.1 Å². The van der Waals surface area contributed by atoms with E-state index in [0.717, 1.165) is 49.0 Å². The second-order valence-corrected chi connectivity index (χ2v) is 8.09. The molecule has 2 heterocycles. The van der Waals surface area contributed by atoms with Gasteiger partial charge < -0.3 is 15.4 Å². The molecular weight excluding hydrogens is 398 g/mol. The first-order valence-electron chi connectivity index (χ1n) is 11.5. The fourth-order valence-corrected chi connectivity index (χ4v) is 4.33. The van der Waals surface area contributed by atoms with E-state index in [4.69, 9.17) is 9.73 Å². The van der Waals surface area contributed by atoms with E-state index < -0.39 is 0 Å². The number of likely N-dealkylation sites (tertiary alicyclic amines) is 1. The normalized spacial score (nSPS) is 15.6. The monoisotopic (exact) mass is 431 g/mol. The van der Waals surface area contributed by atoms with Crippen LogP contribution < -0.4 is 15.4 Å². The van der Waals surface area contributed by atoms with E-state index in [1.807, 2.05) is 24.4 Å². The number of aliphatic imine (C=N–C) groups is 1. The first kappa shape index (κ1) is 22.1. The Bertz CT molecular complexity index is 1020. The molecule has 2 aromatic carbocycles. The Hall–Kier alpha value is -3.12. The van der Waals surface area contributed by atoms with Gasteiger partial charge in [0.05, 0.1) is 25.4 Å². The first-order valence-corrected chi connectivity index (χ1v) is 11.5. The van der Waals surface area contributed by atoms with Crippen molar-refractivity contribution in [2.24, 2.45) is 4.99 Å². The van der Waals surface area contributed by atoms with Gasteiger partial charge in [0.2, 0.25) is 0 Å². The minimum atomic E-state index is 0.294. The zero-order valence-electron chi connectivity index (χ0n) is 19.1. The maximum Gasteiger partial charge on any atom is 0.191 e. The van der Waals surface area contributed by atoms with E-state index in [0.29, 0.717) is 12.6 Å². The molecule has 0 aliphatic carbocycles. The van der Waals surface area contributed by atoms with Gasteiger partial charge in [-0.3, -0.25) is 9.88 Å². The van der Waals surface area contributed by atoms with Crippen LogP contribution >= 0.6 is 0 Å². The number of fused-ring (bicyclic) bond motifs is 1. The Morgan fingerprint density at radius 1 is 1.06 bits per heavy atom. The maximum absolute atomic E-state index is 5.34. The summed E-state index contributed by atoms with van der Waals surface area (Å²) in [6.07, 6.45) is 4.38. The Labute approximate surface area is 190 Å². The Morgan fingerprint density at radius 2 is 1.84 bits per heavy atom. The molecule has 32 heavy (non-hydrogen) atoms. The summed E-state index contributed by atoms with van der Waals surface area (Å²) in [6.45, 7) is 6.49. The summed E-state index contributed by atoms with van der Waals surface area (Å²) < 4.78 is 5.34. The van der Waals surface area contributed by atoms with Crippen LogP contribution in [0.1, 0.15) is 37.1 Å². The van der Waals surface area contributed by atoms with Crippen molar-refractivity contribution in [2.45, 2.75) is 32.4 Å². The molecule has 1 aliphatic rings. The topological polar surface area (TPSA) is 61.8 Å². The Morgan fingerprint density at radius 3 is 2.59 bits per heavy atom. The second-order valence-electron chi connectivity index (χ2n) is 8.09. The minimum absolute atomic E-state index is 0.294. The van der Waals surface area contributed by atoms with Crippen molar-refractivity contribution in [3.8, 4) is 5.75 Å². The van der Waals surface area contributed by atoms with E-state index in [1.54, 1.807) is 7.11 Å². The van der Waals surface area contributed by atoms with E-state index in [2.05, 4.69) is 63.8 Å². The highest BCUT2D eigenvalue weighted by Gasteiger charge is 2.23. The summed E-state index contributed by atoms with van der Waals surface area (Å²) >= 11 is 0. The van der Waals surface area contributed by atoms with Crippen molar-refractivity contribution in [2.75, 3.05) is 33.3 Å². The third-order valence-electron chi connectivity index (χ3n) is 6.03. The summed E-state index contributed by atoms with van der Waals surface area (Å²) in [4.78, 5) is 12.0. The van der Waals surface area contributed by atoms with Gasteiger partial charge in [0.25, 0.3) is 0 Å². The van der Waals surface area contributed by atoms with Crippen LogP contribution in [0.2, 0.25) is 0 Å². The van der Waals surface area contributed by atoms with Crippen molar-refractivity contribution in [1.82, 2.24) is 20.5 Å². The van der Waals surface area contributed by atoms with E-state index >= 15 is 0 Å². The standard InChI is InChI=1S/C26H33N5O/c1-3-27-26(29-18-24-23-9-5-4-8-20(23)14-15-28-24)30-19-25(31-16-6-7-17-31)21-10-12-22(32-2)13-11-21/h4-5,8-15,25H,3,6-7,16-19H2,1-2H3,(H2,27,29,30). The highest BCUT2D eigenvalue weighted by molar-refractivity contribution is 5.85. The summed E-state index contributed by atoms with van der Waals surface area (Å²) in [5.74, 6) is 1.71. The van der Waals surface area contributed by atoms with Crippen LogP contribution in [-0.4, -0.2) is 49.1 Å². The molecule has 1 aliphatic heterocycles. The number of methoxy groups -OCH3 is 1. The van der Waals surface area contributed by atoms with Gasteiger partial charge in [0.1, 0.15) is 5.75 Å². The SMILES string of the molecule is CCNC(=NCc1nccc2ccccc12)NCC(c1ccc(OC)cc1)N1CCCC1. The molecule has 168 valence electrons. The van der Waals surface area contributed by atoms with Gasteiger partial charge in [-0.05, 0) is 62.0 Å². The van der Waals surface area contributed by atoms with Gasteiger partial charge in [-0.15, -0.1) is 0 Å². The van der Waals surface area contributed by atoms with Crippen LogP contribution in [0.15, 0.2) is 65.8 Å². The number of nitrogens with zero attached hydrogens (tertiary/aromatic N) is 3. The predicted octanol–water partition coefficient (Wildman–Crippen LogP) is 4.14. The smallest absolute Gasteiger partial charge is 0.191 e. The third kappa shape index (κ3) is 5.37. The number of benzene rings is 2. The van der Waals surface area contributed by atoms with E-state index in [-0.39, 0.29) is 0 Å². The van der Waals surface area contributed by atoms with Crippen molar-refractivity contribution in [3.63, 3.8) is 0 Å². The molecule has 1 aromatic heterocycles. The van der Waals surface area contributed by atoms with Crippen LogP contribution in [-0.2, 0) is 6.54 Å². The predicted molar refractivity (Wildman–Crippen MR) is 131 cm³/mol. The lowest BCUT2D eigenvalue weighted by atomic mass is 10.1. The zero-order valence-corrected chi connectivity index (χ0v) is 19.1. The van der Waals surface area contributed by atoms with Crippen LogP contribution in [0.3, 0.4) is 0 Å². The van der Waals surface area contributed by atoms with Crippen molar-refractivity contribution >= 4 is 16.7 Å². The fourth-order valence-electron chi connectivity index (χ4n) is 4.33. The number of ether oxygens (including phenoxy) is 1. The number of rotatable bonds is 8. The molecule has 6 nitrogen and oxygen atoms in total. The van der Waals surface area contributed by atoms with E-state index in [1.165, 1.54) is 23.8 Å². The summed E-state index contributed by atoms with van der Waals surface area (Å²) in [6, 6.07) is 19.1. The lowest BCUT2D eigenvalue weighted by Crippen LogP contribution is -2.42. The fraction of sp³-hybridized carbons (Fsp3) is 0.385. The van der Waals surface area contributed by atoms with Crippen LogP contribution in [0.5, 0.6) is 5.75 Å². The van der Waals surface area contributed by atoms with Gasteiger partial charge in [0.15, 0.2) is 5.96 Å². The van der Waals surface area contributed by atoms with Crippen molar-refractivity contribution in [1.29, 1.82) is 0 Å². The minimum Gasteiger partial charge on any atom is -0.497 e. The highest BCUT2D eigenvalue weighted by Crippen LogP contribution is 2.26. The number of nitrogens with one attached hydrogen (secondary N) is 2. The second kappa shape index (κ2) is 11.0. The van der Waals surface area contributed by atoms with E-state index in [9.17, 15) is 0 Å². The lowest BCUT2D eigenvalue weighted by Gasteiger charge is -2.29. The van der Waals surface area contributed by atoms with Gasteiger partial charge in [-0.25, -0.2) is 4.99 Å². The molecular formula is C26H33N5O. The van der Waals surface area contributed by atoms with Gasteiger partial charge in [-0.2, -0.15) is 0 Å². The molecule has 0 bridgehead atoms. The molecule has 4 rings (SSSR count). The third-order valence-corrected chi connectivity index (χ3v) is 6.03. The average molecular weight is 432 g/mol. The molecule has 1 saturated heterocycles. The molecule has 6 heteroatoms. The molecule has 0 amide bonds. The quantitative estimate of drug-likeness (QED) is 0.415. The summed E-state index contributed by atoms with van der Waals surface area (Å²) in [5.41, 5.74) is 2.29. The molecule has 1 fully saturated rings. The lowest BCUT2D eigenvalue weighted by molar-refractivity contribution is 0.245. The highest BCUT2D eigenvalue weighted by atomic mass is 16.5. The molecule has 0 radical (unpaired) electrons. The van der Waals surface area contributed by atoms with Crippen molar-refractivity contribution < 1.29 is 4.74 Å². The van der Waals surface area contributed by atoms with Crippen LogP contribution in [0, 0.1) is 0 Å². The average Bonchev–Trinajstić information content (AvgIpc) is 3.37. The molecule has 1 atom stereocenters. The molecule has 3 aromatic rings. The Balaban J connectivity index is 1.49. The number of pyridine rings is 1. The van der Waals surface area contributed by atoms with Gasteiger partial charge in [-0.1, -0.05) is 36.4 Å². The Kier molecular flexibility index (Phi) is 7.56. The summed E-state index contributed by atoms with van der Waals surface area (Å²) in [7, 11) is 1.71. The zero-order chi connectivity index (χ0) is 22.2. The summed E-state index contributed by atoms with van der Waals surface area (Å²) in [5, 5.41) is 9.32. The largest absolute Gasteiger partial charge is 0.497 e. The van der Waals surface area contributed by atoms with Gasteiger partial charge >= 0.3 is 0 Å². The number of aromatic nitrogens is 1.